The molecule has 4 nitrogen and oxygen atoms in total. The van der Waals surface area contributed by atoms with Gasteiger partial charge in [0.1, 0.15) is 0 Å². The molecule has 6 heteroatoms. The van der Waals surface area contributed by atoms with Crippen LogP contribution in [0, 0.1) is 0 Å². The summed E-state index contributed by atoms with van der Waals surface area (Å²) in [6, 6.07) is 0. The summed E-state index contributed by atoms with van der Waals surface area (Å²) in [5.41, 5.74) is 0. The SMILES string of the molecule is CCOC(=O)CCCP(=O)(Cl)OCC. The highest BCUT2D eigenvalue weighted by Gasteiger charge is 2.18. The quantitative estimate of drug-likeness (QED) is 0.509. The Bertz CT molecular complexity index is 219. The topological polar surface area (TPSA) is 52.6 Å². The van der Waals surface area contributed by atoms with Crippen LogP contribution < -0.4 is 0 Å². The van der Waals surface area contributed by atoms with Crippen molar-refractivity contribution in [2.75, 3.05) is 19.4 Å². The average Bonchev–Trinajstić information content (AvgIpc) is 2.03. The van der Waals surface area contributed by atoms with E-state index in [9.17, 15) is 9.36 Å². The van der Waals surface area contributed by atoms with Crippen LogP contribution in [0.25, 0.3) is 0 Å². The molecular weight excluding hydrogens is 227 g/mol. The second-order valence-corrected chi connectivity index (χ2v) is 6.07. The maximum absolute atomic E-state index is 11.3. The Balaban J connectivity index is 3.62. The predicted octanol–water partition coefficient (Wildman–Crippen LogP) is 2.80. The van der Waals surface area contributed by atoms with Gasteiger partial charge in [0.15, 0.2) is 0 Å². The van der Waals surface area contributed by atoms with Crippen LogP contribution in [0.2, 0.25) is 0 Å². The van der Waals surface area contributed by atoms with E-state index < -0.39 is 6.72 Å². The lowest BCUT2D eigenvalue weighted by atomic mass is 10.3. The van der Waals surface area contributed by atoms with E-state index in [2.05, 4.69) is 0 Å². The highest BCUT2D eigenvalue weighted by Crippen LogP contribution is 2.52. The Kier molecular flexibility index (Phi) is 7.24. The Morgan fingerprint density at radius 1 is 1.36 bits per heavy atom. The predicted molar refractivity (Wildman–Crippen MR) is 55.8 cm³/mol. The first-order valence-electron chi connectivity index (χ1n) is 4.60. The van der Waals surface area contributed by atoms with E-state index in [0.717, 1.165) is 0 Å². The van der Waals surface area contributed by atoms with Gasteiger partial charge in [-0.25, -0.2) is 0 Å². The molecule has 0 saturated heterocycles. The van der Waals surface area contributed by atoms with Crippen LogP contribution in [0.1, 0.15) is 26.7 Å². The molecule has 0 bridgehead atoms. The smallest absolute Gasteiger partial charge is 0.305 e. The Morgan fingerprint density at radius 3 is 2.50 bits per heavy atom. The molecule has 0 radical (unpaired) electrons. The van der Waals surface area contributed by atoms with Gasteiger partial charge >= 0.3 is 5.97 Å². The highest BCUT2D eigenvalue weighted by atomic mass is 35.7. The summed E-state index contributed by atoms with van der Waals surface area (Å²) in [5, 5.41) is 0. The summed E-state index contributed by atoms with van der Waals surface area (Å²) < 4.78 is 20.9. The molecule has 1 atom stereocenters. The van der Waals surface area contributed by atoms with E-state index in [4.69, 9.17) is 20.5 Å². The normalized spacial score (nSPS) is 14.8. The zero-order chi connectivity index (χ0) is 11.0. The van der Waals surface area contributed by atoms with Gasteiger partial charge in [-0.15, -0.1) is 0 Å². The molecule has 0 aromatic carbocycles. The molecule has 0 aliphatic rings. The van der Waals surface area contributed by atoms with Crippen molar-refractivity contribution >= 4 is 23.9 Å². The van der Waals surface area contributed by atoms with Crippen LogP contribution in [0.5, 0.6) is 0 Å². The zero-order valence-electron chi connectivity index (χ0n) is 8.49. The molecule has 0 spiro atoms. The lowest BCUT2D eigenvalue weighted by Gasteiger charge is -2.08. The molecule has 0 heterocycles. The van der Waals surface area contributed by atoms with Gasteiger partial charge in [0.2, 0.25) is 0 Å². The standard InChI is InChI=1S/C8H16ClO4P/c1-3-12-8(10)6-5-7-14(9,11)13-4-2/h3-7H2,1-2H3. The first-order valence-corrected chi connectivity index (χ1v) is 7.32. The second-order valence-electron chi connectivity index (χ2n) is 2.64. The van der Waals surface area contributed by atoms with Gasteiger partial charge < -0.3 is 9.26 Å². The van der Waals surface area contributed by atoms with Gasteiger partial charge in [-0.2, -0.15) is 0 Å². The summed E-state index contributed by atoms with van der Waals surface area (Å²) >= 11 is 5.58. The molecule has 0 aromatic rings. The van der Waals surface area contributed by atoms with Crippen molar-refractivity contribution in [1.82, 2.24) is 0 Å². The Hall–Kier alpha value is -0.0500. The first kappa shape index (κ1) is 13.9. The number of carbonyl (C=O) groups is 1. The average molecular weight is 243 g/mol. The van der Waals surface area contributed by atoms with Crippen LogP contribution in [0.4, 0.5) is 0 Å². The lowest BCUT2D eigenvalue weighted by molar-refractivity contribution is -0.143. The Labute approximate surface area is 89.2 Å². The molecule has 0 amide bonds. The summed E-state index contributed by atoms with van der Waals surface area (Å²) in [6.07, 6.45) is 0.873. The summed E-state index contributed by atoms with van der Waals surface area (Å²) in [5.74, 6) is -0.291. The van der Waals surface area contributed by atoms with Gasteiger partial charge in [-0.1, -0.05) is 0 Å². The van der Waals surface area contributed by atoms with Crippen molar-refractivity contribution in [2.45, 2.75) is 26.7 Å². The number of esters is 1. The maximum Gasteiger partial charge on any atom is 0.305 e. The third kappa shape index (κ3) is 7.36. The largest absolute Gasteiger partial charge is 0.466 e. The second kappa shape index (κ2) is 7.27. The van der Waals surface area contributed by atoms with E-state index in [1.807, 2.05) is 0 Å². The fraction of sp³-hybridized carbons (Fsp3) is 0.875. The van der Waals surface area contributed by atoms with Gasteiger partial charge in [-0.3, -0.25) is 9.36 Å². The molecule has 0 aromatic heterocycles. The van der Waals surface area contributed by atoms with Crippen LogP contribution in [0.15, 0.2) is 0 Å². The van der Waals surface area contributed by atoms with Gasteiger partial charge in [-0.05, 0) is 31.5 Å². The van der Waals surface area contributed by atoms with Crippen molar-refractivity contribution in [3.8, 4) is 0 Å². The van der Waals surface area contributed by atoms with Gasteiger partial charge in [0, 0.05) is 12.6 Å². The third-order valence-electron chi connectivity index (χ3n) is 1.43. The first-order chi connectivity index (χ1) is 6.52. The minimum Gasteiger partial charge on any atom is -0.466 e. The minimum absolute atomic E-state index is 0.210. The number of ether oxygens (including phenoxy) is 1. The van der Waals surface area contributed by atoms with Crippen molar-refractivity contribution in [2.24, 2.45) is 0 Å². The molecule has 0 fully saturated rings. The van der Waals surface area contributed by atoms with Crippen LogP contribution in [-0.4, -0.2) is 25.3 Å². The molecule has 0 aliphatic carbocycles. The van der Waals surface area contributed by atoms with Crippen LogP contribution in [0.3, 0.4) is 0 Å². The van der Waals surface area contributed by atoms with Gasteiger partial charge in [0.25, 0.3) is 6.72 Å². The van der Waals surface area contributed by atoms with Crippen molar-refractivity contribution < 1.29 is 18.6 Å². The van der Waals surface area contributed by atoms with Crippen LogP contribution in [-0.2, 0) is 18.6 Å². The summed E-state index contributed by atoms with van der Waals surface area (Å²) in [4.78, 5) is 10.9. The molecule has 0 rings (SSSR count). The fourth-order valence-corrected chi connectivity index (χ4v) is 2.60. The minimum atomic E-state index is -3.00. The monoisotopic (exact) mass is 242 g/mol. The number of halogens is 1. The van der Waals surface area contributed by atoms with E-state index in [-0.39, 0.29) is 18.6 Å². The number of hydrogen-bond acceptors (Lipinski definition) is 4. The maximum atomic E-state index is 11.3. The third-order valence-corrected chi connectivity index (χ3v) is 3.73. The van der Waals surface area contributed by atoms with E-state index in [0.29, 0.717) is 19.6 Å². The Morgan fingerprint density at radius 2 is 2.00 bits per heavy atom. The molecule has 1 unspecified atom stereocenters. The van der Waals surface area contributed by atoms with Crippen molar-refractivity contribution in [3.63, 3.8) is 0 Å². The molecule has 0 saturated carbocycles. The van der Waals surface area contributed by atoms with Crippen LogP contribution >= 0.6 is 18.0 Å². The summed E-state index contributed by atoms with van der Waals surface area (Å²) in [7, 11) is 0. The van der Waals surface area contributed by atoms with Gasteiger partial charge in [0.05, 0.1) is 13.2 Å². The van der Waals surface area contributed by atoms with Crippen molar-refractivity contribution in [1.29, 1.82) is 0 Å². The molecule has 0 aliphatic heterocycles. The summed E-state index contributed by atoms with van der Waals surface area (Å²) in [6.45, 7) is 1.14. The van der Waals surface area contributed by atoms with Crippen molar-refractivity contribution in [3.05, 3.63) is 0 Å². The van der Waals surface area contributed by atoms with E-state index in [1.54, 1.807) is 13.8 Å². The van der Waals surface area contributed by atoms with E-state index in [1.165, 1.54) is 0 Å². The fourth-order valence-electron chi connectivity index (χ4n) is 0.903. The molecule has 0 N–H and O–H groups in total. The molecule has 14 heavy (non-hydrogen) atoms. The number of hydrogen-bond donors (Lipinski definition) is 0. The number of rotatable bonds is 7. The molecule has 84 valence electrons. The number of carbonyl (C=O) groups excluding carboxylic acids is 1. The highest BCUT2D eigenvalue weighted by molar-refractivity contribution is 7.85. The zero-order valence-corrected chi connectivity index (χ0v) is 10.1. The van der Waals surface area contributed by atoms with E-state index >= 15 is 0 Å². The lowest BCUT2D eigenvalue weighted by Crippen LogP contribution is -2.04. The molecular formula is C8H16ClO4P.